The average molecular weight is 859 g/mol. The van der Waals surface area contributed by atoms with E-state index in [9.17, 15) is 0 Å². The van der Waals surface area contributed by atoms with Crippen molar-refractivity contribution in [3.8, 4) is 16.8 Å². The third-order valence-electron chi connectivity index (χ3n) is 14.3. The molecular formula is C62H42N4O. The zero-order valence-electron chi connectivity index (χ0n) is 36.8. The molecule has 13 aromatic rings. The smallest absolute Gasteiger partial charge is 0.162 e. The molecule has 0 fully saturated rings. The largest absolute Gasteiger partial charge is 0.455 e. The number of aliphatic imine (C=N–C) groups is 2. The van der Waals surface area contributed by atoms with Crippen molar-refractivity contribution in [3.63, 3.8) is 0 Å². The molecule has 0 bridgehead atoms. The SMILES string of the molecule is CCC1C(c2cccc(-c3ccccc3)c2)=NC(c2c(-n3c4cc5ccccc5cc4c4cc5ccccc5cc43)ccc3c2oc2ccccc23)=NC1n1c2ccccc2c2ccccc21. The van der Waals surface area contributed by atoms with Gasteiger partial charge in [-0.2, -0.15) is 0 Å². The molecule has 0 saturated carbocycles. The predicted octanol–water partition coefficient (Wildman–Crippen LogP) is 16.2. The van der Waals surface area contributed by atoms with Gasteiger partial charge in [-0.15, -0.1) is 0 Å². The van der Waals surface area contributed by atoms with E-state index in [1.165, 1.54) is 48.7 Å². The Morgan fingerprint density at radius 2 is 1.00 bits per heavy atom. The topological polar surface area (TPSA) is 47.7 Å². The van der Waals surface area contributed by atoms with Gasteiger partial charge >= 0.3 is 0 Å². The third-order valence-corrected chi connectivity index (χ3v) is 14.3. The van der Waals surface area contributed by atoms with Crippen LogP contribution in [-0.2, 0) is 0 Å². The monoisotopic (exact) mass is 858 g/mol. The van der Waals surface area contributed by atoms with Crippen molar-refractivity contribution in [2.75, 3.05) is 0 Å². The molecule has 1 aliphatic heterocycles. The van der Waals surface area contributed by atoms with Gasteiger partial charge in [0, 0.05) is 38.2 Å². The highest BCUT2D eigenvalue weighted by Gasteiger charge is 2.36. The minimum Gasteiger partial charge on any atom is -0.455 e. The Hall–Kier alpha value is -8.54. The lowest BCUT2D eigenvalue weighted by Gasteiger charge is -2.32. The molecule has 0 saturated heterocycles. The summed E-state index contributed by atoms with van der Waals surface area (Å²) in [7, 11) is 0. The first kappa shape index (κ1) is 37.8. The number of nitrogens with zero attached hydrogens (tertiary/aromatic N) is 4. The summed E-state index contributed by atoms with van der Waals surface area (Å²) in [5.41, 5.74) is 12.4. The van der Waals surface area contributed by atoms with Gasteiger partial charge in [0.15, 0.2) is 5.84 Å². The summed E-state index contributed by atoms with van der Waals surface area (Å²) in [5.74, 6) is 0.589. The van der Waals surface area contributed by atoms with E-state index in [2.05, 4.69) is 222 Å². The van der Waals surface area contributed by atoms with E-state index in [-0.39, 0.29) is 12.1 Å². The Morgan fingerprint density at radius 1 is 0.448 bits per heavy atom. The fourth-order valence-corrected chi connectivity index (χ4v) is 11.2. The average Bonchev–Trinajstić information content (AvgIpc) is 4.04. The van der Waals surface area contributed by atoms with E-state index in [0.29, 0.717) is 5.84 Å². The van der Waals surface area contributed by atoms with Crippen LogP contribution in [-0.4, -0.2) is 20.7 Å². The Bertz CT molecular complexity index is 4080. The quantitative estimate of drug-likeness (QED) is 0.164. The maximum Gasteiger partial charge on any atom is 0.162 e. The Balaban J connectivity index is 1.13. The predicted molar refractivity (Wildman–Crippen MR) is 280 cm³/mol. The number of hydrogen-bond acceptors (Lipinski definition) is 3. The van der Waals surface area contributed by atoms with Crippen LogP contribution in [0.25, 0.3) is 104 Å². The molecule has 0 N–H and O–H groups in total. The molecule has 1 aliphatic rings. The molecule has 10 aromatic carbocycles. The van der Waals surface area contributed by atoms with Crippen molar-refractivity contribution in [3.05, 3.63) is 223 Å². The van der Waals surface area contributed by atoms with Crippen LogP contribution >= 0.6 is 0 Å². The Kier molecular flexibility index (Phi) is 8.32. The molecule has 4 heterocycles. The van der Waals surface area contributed by atoms with Crippen molar-refractivity contribution in [1.82, 2.24) is 9.13 Å². The lowest BCUT2D eigenvalue weighted by Crippen LogP contribution is -2.31. The fraction of sp³-hybridized carbons (Fsp3) is 0.0645. The number of aromatic nitrogens is 2. The van der Waals surface area contributed by atoms with Gasteiger partial charge in [-0.1, -0.05) is 159 Å². The van der Waals surface area contributed by atoms with Crippen molar-refractivity contribution < 1.29 is 4.42 Å². The molecule has 5 heteroatoms. The minimum atomic E-state index is -0.337. The number of furan rings is 1. The molecule has 0 radical (unpaired) electrons. The number of amidine groups is 1. The lowest BCUT2D eigenvalue weighted by atomic mass is 9.88. The number of benzene rings is 10. The van der Waals surface area contributed by atoms with Crippen LogP contribution in [0, 0.1) is 5.92 Å². The molecule has 2 atom stereocenters. The first-order valence-electron chi connectivity index (χ1n) is 23.3. The van der Waals surface area contributed by atoms with E-state index in [4.69, 9.17) is 14.4 Å². The molecule has 316 valence electrons. The van der Waals surface area contributed by atoms with Gasteiger partial charge in [0.05, 0.1) is 39.0 Å². The Labute approximate surface area is 386 Å². The van der Waals surface area contributed by atoms with Gasteiger partial charge in [-0.3, -0.25) is 0 Å². The number of rotatable bonds is 6. The third kappa shape index (κ3) is 5.74. The second-order valence-corrected chi connectivity index (χ2v) is 17.9. The van der Waals surface area contributed by atoms with Crippen LogP contribution in [0.5, 0.6) is 0 Å². The van der Waals surface area contributed by atoms with Crippen molar-refractivity contribution in [2.45, 2.75) is 19.5 Å². The summed E-state index contributed by atoms with van der Waals surface area (Å²) in [6.45, 7) is 2.28. The van der Waals surface area contributed by atoms with Gasteiger partial charge in [0.1, 0.15) is 17.3 Å². The summed E-state index contributed by atoms with van der Waals surface area (Å²) in [4.78, 5) is 11.8. The van der Waals surface area contributed by atoms with Gasteiger partial charge in [-0.25, -0.2) is 9.98 Å². The second-order valence-electron chi connectivity index (χ2n) is 17.9. The standard InChI is InChI=1S/C62H42N4O/c1-2-45-59(44-24-16-23-39(33-44)38-17-4-3-5-18-38)63-61(64-62(45)66-52-28-13-10-25-46(52)47-26-11-14-29-53(47)66)58-54(32-31-49-48-27-12-15-30-57(48)67-60(49)58)65-55-36-42-21-8-6-19-40(42)34-50(55)51-35-41-20-7-9-22-43(41)37-56(51)65/h3-37,45,62H,2H2,1H3. The molecule has 0 amide bonds. The summed E-state index contributed by atoms with van der Waals surface area (Å²) < 4.78 is 12.0. The first-order chi connectivity index (χ1) is 33.2. The molecule has 2 unspecified atom stereocenters. The fourth-order valence-electron chi connectivity index (χ4n) is 11.2. The first-order valence-corrected chi connectivity index (χ1v) is 23.3. The normalized spacial score (nSPS) is 15.5. The summed E-state index contributed by atoms with van der Waals surface area (Å²) >= 11 is 0. The Morgan fingerprint density at radius 3 is 1.66 bits per heavy atom. The van der Waals surface area contributed by atoms with Crippen LogP contribution in [0.2, 0.25) is 0 Å². The number of hydrogen-bond donors (Lipinski definition) is 0. The van der Waals surface area contributed by atoms with E-state index >= 15 is 0 Å². The van der Waals surface area contributed by atoms with Crippen LogP contribution in [0.1, 0.15) is 30.6 Å². The molecule has 0 spiro atoms. The van der Waals surface area contributed by atoms with E-state index in [1.807, 2.05) is 6.07 Å². The van der Waals surface area contributed by atoms with E-state index in [0.717, 1.165) is 78.5 Å². The van der Waals surface area contributed by atoms with Crippen LogP contribution in [0.4, 0.5) is 0 Å². The van der Waals surface area contributed by atoms with Crippen molar-refractivity contribution >= 4 is 98.6 Å². The maximum absolute atomic E-state index is 7.11. The van der Waals surface area contributed by atoms with Gasteiger partial charge in [0.25, 0.3) is 0 Å². The van der Waals surface area contributed by atoms with Crippen LogP contribution in [0.15, 0.2) is 227 Å². The highest BCUT2D eigenvalue weighted by molar-refractivity contribution is 6.24. The van der Waals surface area contributed by atoms with Crippen LogP contribution in [0.3, 0.4) is 0 Å². The van der Waals surface area contributed by atoms with Crippen molar-refractivity contribution in [2.24, 2.45) is 15.9 Å². The molecule has 67 heavy (non-hydrogen) atoms. The van der Waals surface area contributed by atoms with E-state index < -0.39 is 0 Å². The molecule has 14 rings (SSSR count). The highest BCUT2D eigenvalue weighted by Crippen LogP contribution is 2.44. The molecular weight excluding hydrogens is 817 g/mol. The zero-order chi connectivity index (χ0) is 44.2. The maximum atomic E-state index is 7.11. The van der Waals surface area contributed by atoms with Crippen LogP contribution < -0.4 is 0 Å². The van der Waals surface area contributed by atoms with Gasteiger partial charge < -0.3 is 13.6 Å². The van der Waals surface area contributed by atoms with Gasteiger partial charge in [0.2, 0.25) is 0 Å². The second kappa shape index (κ2) is 14.7. The number of fused-ring (bicyclic) bond motifs is 11. The molecule has 3 aromatic heterocycles. The highest BCUT2D eigenvalue weighted by atomic mass is 16.3. The van der Waals surface area contributed by atoms with E-state index in [1.54, 1.807) is 0 Å². The number of para-hydroxylation sites is 3. The van der Waals surface area contributed by atoms with Crippen molar-refractivity contribution in [1.29, 1.82) is 0 Å². The summed E-state index contributed by atoms with van der Waals surface area (Å²) in [5, 5.41) is 11.7. The molecule has 5 nitrogen and oxygen atoms in total. The minimum absolute atomic E-state index is 0.0571. The zero-order valence-corrected chi connectivity index (χ0v) is 36.8. The van der Waals surface area contributed by atoms with Gasteiger partial charge in [-0.05, 0) is 105 Å². The summed E-state index contributed by atoms with van der Waals surface area (Å²) in [6, 6.07) is 76.7. The molecule has 0 aliphatic carbocycles. The lowest BCUT2D eigenvalue weighted by molar-refractivity contribution is 0.427. The summed E-state index contributed by atoms with van der Waals surface area (Å²) in [6.07, 6.45) is 0.488.